The van der Waals surface area contributed by atoms with Crippen LogP contribution >= 0.6 is 18.2 Å². The average molecular weight is 316 g/mol. The van der Waals surface area contributed by atoms with E-state index in [4.69, 9.17) is 9.05 Å². The first-order valence-electron chi connectivity index (χ1n) is 7.11. The Kier molecular flexibility index (Phi) is 7.14. The van der Waals surface area contributed by atoms with Crippen molar-refractivity contribution in [3.63, 3.8) is 0 Å². The van der Waals surface area contributed by atoms with Crippen molar-refractivity contribution in [3.8, 4) is 5.75 Å². The molecule has 0 radical (unpaired) electrons. The van der Waals surface area contributed by atoms with Crippen LogP contribution in [0.4, 0.5) is 0 Å². The van der Waals surface area contributed by atoms with Gasteiger partial charge in [-0.05, 0) is 54.8 Å². The second-order valence-corrected chi connectivity index (χ2v) is 9.10. The second kappa shape index (κ2) is 8.11. The van der Waals surface area contributed by atoms with Crippen LogP contribution < -0.4 is 4.52 Å². The maximum atomic E-state index is 12.7. The van der Waals surface area contributed by atoms with Gasteiger partial charge in [0.1, 0.15) is 5.75 Å². The highest BCUT2D eigenvalue weighted by atomic mass is 32.7. The van der Waals surface area contributed by atoms with Gasteiger partial charge in [0.2, 0.25) is 0 Å². The molecule has 0 saturated heterocycles. The molecule has 1 atom stereocenters. The Balaban J connectivity index is 3.03. The molecule has 1 aromatic carbocycles. The zero-order chi connectivity index (χ0) is 15.2. The molecule has 20 heavy (non-hydrogen) atoms. The first-order chi connectivity index (χ1) is 9.41. The fraction of sp³-hybridized carbons (Fsp3) is 0.600. The average Bonchev–Trinajstić information content (AvgIpc) is 2.36. The molecule has 0 saturated carbocycles. The molecule has 1 aromatic rings. The van der Waals surface area contributed by atoms with Crippen LogP contribution in [0.25, 0.3) is 0 Å². The number of aryl methyl sites for hydroxylation is 1. The summed E-state index contributed by atoms with van der Waals surface area (Å²) in [6.45, 7) is 7.35. The Labute approximate surface area is 126 Å². The monoisotopic (exact) mass is 316 g/mol. The molecule has 0 amide bonds. The van der Waals surface area contributed by atoms with Gasteiger partial charge in [-0.1, -0.05) is 32.9 Å². The minimum atomic E-state index is -3.13. The van der Waals surface area contributed by atoms with Crippen molar-refractivity contribution in [2.75, 3.05) is 12.4 Å². The van der Waals surface area contributed by atoms with E-state index in [1.165, 1.54) is 11.4 Å². The molecule has 0 aliphatic heterocycles. The number of hydrogen-bond donors (Lipinski definition) is 0. The molecular formula is C15H25O3PS. The Morgan fingerprint density at radius 2 is 2.00 bits per heavy atom. The Hall–Kier alpha value is -0.440. The highest BCUT2D eigenvalue weighted by molar-refractivity contribution is 8.55. The Morgan fingerprint density at radius 1 is 1.30 bits per heavy atom. The Bertz CT molecular complexity index is 474. The highest BCUT2D eigenvalue weighted by Gasteiger charge is 2.27. The van der Waals surface area contributed by atoms with Crippen molar-refractivity contribution in [1.82, 2.24) is 0 Å². The van der Waals surface area contributed by atoms with E-state index >= 15 is 0 Å². The van der Waals surface area contributed by atoms with Crippen molar-refractivity contribution in [2.24, 2.45) is 0 Å². The lowest BCUT2D eigenvalue weighted by Crippen LogP contribution is -2.00. The number of rotatable bonds is 8. The number of benzene rings is 1. The van der Waals surface area contributed by atoms with Crippen molar-refractivity contribution < 1.29 is 13.6 Å². The summed E-state index contributed by atoms with van der Waals surface area (Å²) < 4.78 is 24.0. The quantitative estimate of drug-likeness (QED) is 0.569. The van der Waals surface area contributed by atoms with Gasteiger partial charge < -0.3 is 4.52 Å². The summed E-state index contributed by atoms with van der Waals surface area (Å²) in [6, 6.07) is 6.02. The van der Waals surface area contributed by atoms with Gasteiger partial charge in [0.05, 0.1) is 6.61 Å². The first-order valence-corrected chi connectivity index (χ1v) is 10.2. The summed E-state index contributed by atoms with van der Waals surface area (Å²) in [5.41, 5.74) is 2.15. The van der Waals surface area contributed by atoms with E-state index in [1.807, 2.05) is 32.0 Å². The van der Waals surface area contributed by atoms with Crippen LogP contribution in [0.5, 0.6) is 5.75 Å². The molecule has 0 aliphatic carbocycles. The number of hydrogen-bond acceptors (Lipinski definition) is 4. The third kappa shape index (κ3) is 5.16. The summed E-state index contributed by atoms with van der Waals surface area (Å²) >= 11 is 1.28. The molecule has 1 unspecified atom stereocenters. The summed E-state index contributed by atoms with van der Waals surface area (Å²) in [6.07, 6.45) is 0.940. The van der Waals surface area contributed by atoms with Gasteiger partial charge in [0.25, 0.3) is 0 Å². The molecule has 0 aromatic heterocycles. The molecule has 0 spiro atoms. The van der Waals surface area contributed by atoms with Gasteiger partial charge in [-0.15, -0.1) is 0 Å². The van der Waals surface area contributed by atoms with Gasteiger partial charge in [0.15, 0.2) is 0 Å². The van der Waals surface area contributed by atoms with E-state index in [9.17, 15) is 4.57 Å². The summed E-state index contributed by atoms with van der Waals surface area (Å²) in [5.74, 6) is 1.76. The van der Waals surface area contributed by atoms with Gasteiger partial charge >= 0.3 is 6.80 Å². The van der Waals surface area contributed by atoms with E-state index in [0.717, 1.165) is 23.3 Å². The molecular weight excluding hydrogens is 291 g/mol. The Morgan fingerprint density at radius 3 is 2.55 bits per heavy atom. The molecule has 0 bridgehead atoms. The molecule has 0 aliphatic rings. The molecule has 3 nitrogen and oxygen atoms in total. The van der Waals surface area contributed by atoms with E-state index in [-0.39, 0.29) is 0 Å². The van der Waals surface area contributed by atoms with Crippen LogP contribution in [-0.2, 0) is 9.09 Å². The third-order valence-electron chi connectivity index (χ3n) is 2.74. The van der Waals surface area contributed by atoms with Gasteiger partial charge in [0, 0.05) is 5.75 Å². The molecule has 1 rings (SSSR count). The SMILES string of the molecule is CCCSP(=O)(OCC)Oc1cc(C)ccc1C(C)C. The second-order valence-electron chi connectivity index (χ2n) is 4.99. The lowest BCUT2D eigenvalue weighted by molar-refractivity contribution is 0.295. The van der Waals surface area contributed by atoms with Gasteiger partial charge in [-0.2, -0.15) is 0 Å². The summed E-state index contributed by atoms with van der Waals surface area (Å²) in [7, 11) is 0. The zero-order valence-corrected chi connectivity index (χ0v) is 14.7. The van der Waals surface area contributed by atoms with E-state index in [0.29, 0.717) is 18.3 Å². The van der Waals surface area contributed by atoms with Crippen molar-refractivity contribution in [1.29, 1.82) is 0 Å². The topological polar surface area (TPSA) is 35.5 Å². The maximum absolute atomic E-state index is 12.7. The zero-order valence-electron chi connectivity index (χ0n) is 13.0. The molecule has 5 heteroatoms. The molecule has 0 N–H and O–H groups in total. The minimum absolute atomic E-state index is 0.317. The lowest BCUT2D eigenvalue weighted by atomic mass is 10.0. The summed E-state index contributed by atoms with van der Waals surface area (Å²) in [4.78, 5) is 0. The lowest BCUT2D eigenvalue weighted by Gasteiger charge is -2.21. The van der Waals surface area contributed by atoms with Crippen LogP contribution in [0.2, 0.25) is 0 Å². The fourth-order valence-electron chi connectivity index (χ4n) is 1.77. The smallest absolute Gasteiger partial charge is 0.417 e. The van der Waals surface area contributed by atoms with Crippen molar-refractivity contribution in [2.45, 2.75) is 47.0 Å². The van der Waals surface area contributed by atoms with E-state index < -0.39 is 6.80 Å². The normalized spacial score (nSPS) is 14.3. The van der Waals surface area contributed by atoms with Crippen LogP contribution in [0.1, 0.15) is 51.2 Å². The predicted molar refractivity (Wildman–Crippen MR) is 87.9 cm³/mol. The van der Waals surface area contributed by atoms with Crippen LogP contribution in [0, 0.1) is 6.92 Å². The minimum Gasteiger partial charge on any atom is -0.417 e. The van der Waals surface area contributed by atoms with Crippen LogP contribution in [0.15, 0.2) is 18.2 Å². The first kappa shape index (κ1) is 17.6. The van der Waals surface area contributed by atoms with Crippen LogP contribution in [-0.4, -0.2) is 12.4 Å². The largest absolute Gasteiger partial charge is 0.440 e. The predicted octanol–water partition coefficient (Wildman–Crippen LogP) is 5.79. The van der Waals surface area contributed by atoms with Crippen molar-refractivity contribution in [3.05, 3.63) is 29.3 Å². The summed E-state index contributed by atoms with van der Waals surface area (Å²) in [5, 5.41) is 0. The van der Waals surface area contributed by atoms with Crippen LogP contribution in [0.3, 0.4) is 0 Å². The highest BCUT2D eigenvalue weighted by Crippen LogP contribution is 2.60. The molecule has 0 heterocycles. The maximum Gasteiger partial charge on any atom is 0.440 e. The van der Waals surface area contributed by atoms with E-state index in [2.05, 4.69) is 20.8 Å². The van der Waals surface area contributed by atoms with Gasteiger partial charge in [-0.25, -0.2) is 4.57 Å². The van der Waals surface area contributed by atoms with Crippen molar-refractivity contribution >= 4 is 18.2 Å². The standard InChI is InChI=1S/C15H25O3PS/c1-6-10-20-19(16,17-7-2)18-15-11-13(5)8-9-14(15)12(3)4/h8-9,11-12H,6-7,10H2,1-5H3. The fourth-order valence-corrected chi connectivity index (χ4v) is 5.23. The van der Waals surface area contributed by atoms with E-state index in [1.54, 1.807) is 0 Å². The third-order valence-corrected chi connectivity index (χ3v) is 6.68. The van der Waals surface area contributed by atoms with Gasteiger partial charge in [-0.3, -0.25) is 4.52 Å². The molecule has 114 valence electrons. The molecule has 0 fully saturated rings.